The highest BCUT2D eigenvalue weighted by molar-refractivity contribution is 5.78. The van der Waals surface area contributed by atoms with Crippen LogP contribution in [0.5, 0.6) is 0 Å². The molecule has 100 valence electrons. The fourth-order valence-electron chi connectivity index (χ4n) is 1.75. The molecule has 4 nitrogen and oxygen atoms in total. The first-order chi connectivity index (χ1) is 8.67. The molecule has 0 bridgehead atoms. The normalized spacial score (nSPS) is 12.2. The molecular weight excluding hydrogens is 228 g/mol. The summed E-state index contributed by atoms with van der Waals surface area (Å²) in [6, 6.07) is 7.68. The molecule has 0 aliphatic rings. The standard InChI is InChI=1S/C14H22N2O2/c1-2-13(17)7-8-16-14(18)9-11-5-3-4-6-12(11)10-15/h3-6,13,17H,2,7-10,15H2,1H3,(H,16,18). The molecule has 0 aromatic heterocycles. The Morgan fingerprint density at radius 3 is 2.67 bits per heavy atom. The predicted molar refractivity (Wildman–Crippen MR) is 72.0 cm³/mol. The maximum Gasteiger partial charge on any atom is 0.224 e. The lowest BCUT2D eigenvalue weighted by atomic mass is 10.0. The molecule has 0 fully saturated rings. The number of aliphatic hydroxyl groups is 1. The van der Waals surface area contributed by atoms with Crippen LogP contribution in [0.3, 0.4) is 0 Å². The highest BCUT2D eigenvalue weighted by Crippen LogP contribution is 2.08. The van der Waals surface area contributed by atoms with E-state index in [9.17, 15) is 9.90 Å². The monoisotopic (exact) mass is 250 g/mol. The molecule has 18 heavy (non-hydrogen) atoms. The summed E-state index contributed by atoms with van der Waals surface area (Å²) in [5.41, 5.74) is 7.59. The quantitative estimate of drug-likeness (QED) is 0.675. The third-order valence-electron chi connectivity index (χ3n) is 2.96. The van der Waals surface area contributed by atoms with Crippen molar-refractivity contribution >= 4 is 5.91 Å². The molecule has 0 saturated carbocycles. The van der Waals surface area contributed by atoms with Gasteiger partial charge in [0, 0.05) is 13.1 Å². The lowest BCUT2D eigenvalue weighted by Crippen LogP contribution is -2.28. The molecule has 0 heterocycles. The molecule has 1 unspecified atom stereocenters. The molecule has 0 spiro atoms. The van der Waals surface area contributed by atoms with E-state index in [4.69, 9.17) is 5.73 Å². The van der Waals surface area contributed by atoms with Crippen molar-refractivity contribution in [2.75, 3.05) is 6.54 Å². The molecule has 4 N–H and O–H groups in total. The Balaban J connectivity index is 2.40. The average molecular weight is 250 g/mol. The van der Waals surface area contributed by atoms with Crippen LogP contribution in [0, 0.1) is 0 Å². The predicted octanol–water partition coefficient (Wildman–Crippen LogP) is 0.965. The molecule has 0 aliphatic carbocycles. The van der Waals surface area contributed by atoms with Gasteiger partial charge in [-0.1, -0.05) is 31.2 Å². The topological polar surface area (TPSA) is 75.3 Å². The zero-order valence-electron chi connectivity index (χ0n) is 10.9. The number of hydrogen-bond acceptors (Lipinski definition) is 3. The van der Waals surface area contributed by atoms with Gasteiger partial charge in [-0.2, -0.15) is 0 Å². The molecular formula is C14H22N2O2. The second kappa shape index (κ2) is 7.84. The van der Waals surface area contributed by atoms with Crippen molar-refractivity contribution < 1.29 is 9.90 Å². The first-order valence-corrected chi connectivity index (χ1v) is 6.39. The number of carbonyl (C=O) groups excluding carboxylic acids is 1. The smallest absolute Gasteiger partial charge is 0.224 e. The minimum Gasteiger partial charge on any atom is -0.393 e. The Bertz CT molecular complexity index is 380. The summed E-state index contributed by atoms with van der Waals surface area (Å²) in [6.07, 6.45) is 1.32. The van der Waals surface area contributed by atoms with Gasteiger partial charge in [-0.3, -0.25) is 4.79 Å². The molecule has 1 atom stereocenters. The molecule has 1 rings (SSSR count). The highest BCUT2D eigenvalue weighted by atomic mass is 16.3. The summed E-state index contributed by atoms with van der Waals surface area (Å²) < 4.78 is 0. The third-order valence-corrected chi connectivity index (χ3v) is 2.96. The van der Waals surface area contributed by atoms with E-state index < -0.39 is 0 Å². The third kappa shape index (κ3) is 4.85. The molecule has 4 heteroatoms. The van der Waals surface area contributed by atoms with Crippen molar-refractivity contribution in [1.82, 2.24) is 5.32 Å². The van der Waals surface area contributed by atoms with E-state index in [1.54, 1.807) is 0 Å². The lowest BCUT2D eigenvalue weighted by molar-refractivity contribution is -0.120. The molecule has 1 amide bonds. The molecule has 1 aromatic carbocycles. The maximum absolute atomic E-state index is 11.7. The van der Waals surface area contributed by atoms with Crippen LogP contribution in [0.1, 0.15) is 30.9 Å². The van der Waals surface area contributed by atoms with E-state index in [0.717, 1.165) is 11.1 Å². The van der Waals surface area contributed by atoms with Crippen molar-refractivity contribution in [3.63, 3.8) is 0 Å². The van der Waals surface area contributed by atoms with Crippen LogP contribution >= 0.6 is 0 Å². The molecule has 0 radical (unpaired) electrons. The second-order valence-electron chi connectivity index (χ2n) is 4.35. The van der Waals surface area contributed by atoms with E-state index >= 15 is 0 Å². The van der Waals surface area contributed by atoms with Crippen LogP contribution in [0.15, 0.2) is 24.3 Å². The minimum absolute atomic E-state index is 0.0285. The number of nitrogens with one attached hydrogen (secondary N) is 1. The fraction of sp³-hybridized carbons (Fsp3) is 0.500. The summed E-state index contributed by atoms with van der Waals surface area (Å²) >= 11 is 0. The largest absolute Gasteiger partial charge is 0.393 e. The number of rotatable bonds is 7. The summed E-state index contributed by atoms with van der Waals surface area (Å²) in [5, 5.41) is 12.2. The zero-order valence-corrected chi connectivity index (χ0v) is 10.9. The van der Waals surface area contributed by atoms with Crippen LogP contribution in [0.25, 0.3) is 0 Å². The Morgan fingerprint density at radius 1 is 1.39 bits per heavy atom. The molecule has 0 saturated heterocycles. The molecule has 0 aliphatic heterocycles. The van der Waals surface area contributed by atoms with E-state index in [2.05, 4.69) is 5.32 Å². The lowest BCUT2D eigenvalue weighted by Gasteiger charge is -2.10. The van der Waals surface area contributed by atoms with Gasteiger partial charge in [-0.25, -0.2) is 0 Å². The number of hydrogen-bond donors (Lipinski definition) is 3. The highest BCUT2D eigenvalue weighted by Gasteiger charge is 2.07. The first kappa shape index (κ1) is 14.7. The van der Waals surface area contributed by atoms with Crippen molar-refractivity contribution in [1.29, 1.82) is 0 Å². The average Bonchev–Trinajstić information content (AvgIpc) is 2.39. The van der Waals surface area contributed by atoms with Gasteiger partial charge in [0.1, 0.15) is 0 Å². The van der Waals surface area contributed by atoms with Crippen molar-refractivity contribution in [3.8, 4) is 0 Å². The van der Waals surface area contributed by atoms with E-state index in [1.165, 1.54) is 0 Å². The fourth-order valence-corrected chi connectivity index (χ4v) is 1.75. The summed E-state index contributed by atoms with van der Waals surface area (Å²) in [7, 11) is 0. The van der Waals surface area contributed by atoms with Gasteiger partial charge in [-0.05, 0) is 24.0 Å². The summed E-state index contributed by atoms with van der Waals surface area (Å²) in [5.74, 6) is -0.0285. The van der Waals surface area contributed by atoms with Crippen molar-refractivity contribution in [2.45, 2.75) is 38.8 Å². The number of nitrogens with two attached hydrogens (primary N) is 1. The van der Waals surface area contributed by atoms with Crippen LogP contribution < -0.4 is 11.1 Å². The Hall–Kier alpha value is -1.39. The number of amides is 1. The van der Waals surface area contributed by atoms with Crippen molar-refractivity contribution in [3.05, 3.63) is 35.4 Å². The van der Waals surface area contributed by atoms with Crippen molar-refractivity contribution in [2.24, 2.45) is 5.73 Å². The number of aliphatic hydroxyl groups excluding tert-OH is 1. The SMILES string of the molecule is CCC(O)CCNC(=O)Cc1ccccc1CN. The number of benzene rings is 1. The first-order valence-electron chi connectivity index (χ1n) is 6.39. The van der Waals surface area contributed by atoms with Crippen LogP contribution in [-0.2, 0) is 17.8 Å². The van der Waals surface area contributed by atoms with Gasteiger partial charge in [-0.15, -0.1) is 0 Å². The van der Waals surface area contributed by atoms with Crippen LogP contribution in [0.4, 0.5) is 0 Å². The zero-order chi connectivity index (χ0) is 13.4. The van der Waals surface area contributed by atoms with Gasteiger partial charge in [0.15, 0.2) is 0 Å². The minimum atomic E-state index is -0.332. The van der Waals surface area contributed by atoms with E-state index in [-0.39, 0.29) is 12.0 Å². The summed E-state index contributed by atoms with van der Waals surface area (Å²) in [4.78, 5) is 11.7. The maximum atomic E-state index is 11.7. The van der Waals surface area contributed by atoms with Gasteiger partial charge in [0.2, 0.25) is 5.91 Å². The van der Waals surface area contributed by atoms with E-state index in [0.29, 0.717) is 32.4 Å². The summed E-state index contributed by atoms with van der Waals surface area (Å²) in [6.45, 7) is 2.88. The number of carbonyl (C=O) groups is 1. The second-order valence-corrected chi connectivity index (χ2v) is 4.35. The molecule has 1 aromatic rings. The van der Waals surface area contributed by atoms with E-state index in [1.807, 2.05) is 31.2 Å². The van der Waals surface area contributed by atoms with Gasteiger partial charge in [0.05, 0.1) is 12.5 Å². The van der Waals surface area contributed by atoms with Crippen LogP contribution in [-0.4, -0.2) is 23.7 Å². The Kier molecular flexibility index (Phi) is 6.39. The Labute approximate surface area is 108 Å². The van der Waals surface area contributed by atoms with Crippen LogP contribution in [0.2, 0.25) is 0 Å². The Morgan fingerprint density at radius 2 is 2.06 bits per heavy atom. The van der Waals surface area contributed by atoms with Gasteiger partial charge in [0.25, 0.3) is 0 Å². The van der Waals surface area contributed by atoms with Gasteiger partial charge < -0.3 is 16.2 Å². The van der Waals surface area contributed by atoms with Gasteiger partial charge >= 0.3 is 0 Å².